The normalized spacial score (nSPS) is 20.7. The van der Waals surface area contributed by atoms with E-state index in [4.69, 9.17) is 16.3 Å². The Kier molecular flexibility index (Phi) is 8.18. The average Bonchev–Trinajstić information content (AvgIpc) is 2.98. The summed E-state index contributed by atoms with van der Waals surface area (Å²) in [5.41, 5.74) is 2.23. The predicted octanol–water partition coefficient (Wildman–Crippen LogP) is 2.93. The molecule has 2 aliphatic rings. The van der Waals surface area contributed by atoms with Crippen molar-refractivity contribution in [1.29, 1.82) is 0 Å². The minimum atomic E-state index is -3.35. The molecule has 13 heteroatoms. The Balaban J connectivity index is 1.58. The van der Waals surface area contributed by atoms with Crippen molar-refractivity contribution >= 4 is 50.7 Å². The zero-order valence-electron chi connectivity index (χ0n) is 20.6. The highest BCUT2D eigenvalue weighted by Crippen LogP contribution is 2.35. The summed E-state index contributed by atoms with van der Waals surface area (Å²) in [6.07, 6.45) is 6.07. The molecule has 2 heterocycles. The number of anilines is 4. The van der Waals surface area contributed by atoms with Crippen LogP contribution in [0.4, 0.5) is 23.1 Å². The minimum Gasteiger partial charge on any atom is -0.495 e. The van der Waals surface area contributed by atoms with Gasteiger partial charge >= 0.3 is 0 Å². The predicted molar refractivity (Wildman–Crippen MR) is 141 cm³/mol. The number of carbonyl (C=O) groups is 1. The fourth-order valence-electron chi connectivity index (χ4n) is 4.59. The van der Waals surface area contributed by atoms with E-state index >= 15 is 0 Å². The second-order valence-electron chi connectivity index (χ2n) is 9.11. The number of aromatic nitrogens is 2. The van der Waals surface area contributed by atoms with Crippen molar-refractivity contribution in [1.82, 2.24) is 19.6 Å². The van der Waals surface area contributed by atoms with Gasteiger partial charge in [0.15, 0.2) is 5.82 Å². The second kappa shape index (κ2) is 11.2. The number of nitrogens with one attached hydrogen (secondary N) is 4. The highest BCUT2D eigenvalue weighted by atomic mass is 35.5. The van der Waals surface area contributed by atoms with Crippen LogP contribution in [-0.4, -0.2) is 67.7 Å². The molecule has 0 saturated heterocycles. The number of sulfonamides is 1. The minimum absolute atomic E-state index is 0.0781. The van der Waals surface area contributed by atoms with E-state index in [1.807, 2.05) is 24.0 Å². The second-order valence-corrected chi connectivity index (χ2v) is 11.3. The van der Waals surface area contributed by atoms with E-state index < -0.39 is 10.0 Å². The van der Waals surface area contributed by atoms with E-state index in [9.17, 15) is 13.2 Å². The number of fused-ring (bicyclic) bond motifs is 1. The standard InChI is InChI=1S/C23H32ClN7O4S/c1-4-31-12-14-9-20(35-2)19(10-18(14)26-21(32)13-31)28-23-25-11-15(24)22(29-23)27-16-7-5-6-8-17(16)30-36(3,33)34/h9-11,16-17,30H,4-8,12-13H2,1-3H3,(H,26,32)(H2,25,27,28,29)/t16-,17-/m1/s1. The lowest BCUT2D eigenvalue weighted by atomic mass is 9.91. The number of halogens is 1. The molecule has 1 saturated carbocycles. The largest absolute Gasteiger partial charge is 0.495 e. The van der Waals surface area contributed by atoms with Crippen molar-refractivity contribution in [3.63, 3.8) is 0 Å². The molecule has 2 aromatic rings. The number of likely N-dealkylation sites (N-methyl/N-ethyl adjacent to an activating group) is 1. The summed E-state index contributed by atoms with van der Waals surface area (Å²) in [5, 5.41) is 9.75. The van der Waals surface area contributed by atoms with Crippen molar-refractivity contribution in [3.8, 4) is 5.75 Å². The summed E-state index contributed by atoms with van der Waals surface area (Å²) in [6.45, 7) is 3.71. The molecule has 11 nitrogen and oxygen atoms in total. The first-order valence-electron chi connectivity index (χ1n) is 11.9. The van der Waals surface area contributed by atoms with Gasteiger partial charge in [0.05, 0.1) is 31.8 Å². The number of hydrogen-bond acceptors (Lipinski definition) is 9. The van der Waals surface area contributed by atoms with E-state index in [0.29, 0.717) is 41.1 Å². The smallest absolute Gasteiger partial charge is 0.238 e. The lowest BCUT2D eigenvalue weighted by Crippen LogP contribution is -2.48. The van der Waals surface area contributed by atoms with Crippen LogP contribution in [0.5, 0.6) is 5.75 Å². The van der Waals surface area contributed by atoms with Gasteiger partial charge in [-0.05, 0) is 37.1 Å². The zero-order valence-corrected chi connectivity index (χ0v) is 22.2. The van der Waals surface area contributed by atoms with Gasteiger partial charge in [0.25, 0.3) is 0 Å². The molecule has 1 amide bonds. The van der Waals surface area contributed by atoms with Gasteiger partial charge in [-0.15, -0.1) is 0 Å². The third-order valence-electron chi connectivity index (χ3n) is 6.35. The highest BCUT2D eigenvalue weighted by Gasteiger charge is 2.28. The molecule has 4 rings (SSSR count). The maximum absolute atomic E-state index is 12.3. The number of methoxy groups -OCH3 is 1. The first-order valence-corrected chi connectivity index (χ1v) is 14.2. The van der Waals surface area contributed by atoms with Gasteiger partial charge < -0.3 is 20.7 Å². The number of benzene rings is 1. The number of amides is 1. The summed E-state index contributed by atoms with van der Waals surface area (Å²) in [5.74, 6) is 1.19. The van der Waals surface area contributed by atoms with Crippen molar-refractivity contribution in [2.75, 3.05) is 42.4 Å². The van der Waals surface area contributed by atoms with Crippen LogP contribution in [-0.2, 0) is 21.4 Å². The van der Waals surface area contributed by atoms with E-state index in [1.54, 1.807) is 7.11 Å². The number of ether oxygens (including phenoxy) is 1. The van der Waals surface area contributed by atoms with Crippen LogP contribution < -0.4 is 25.4 Å². The van der Waals surface area contributed by atoms with Crippen LogP contribution in [0.25, 0.3) is 0 Å². The molecule has 4 N–H and O–H groups in total. The summed E-state index contributed by atoms with van der Waals surface area (Å²) < 4.78 is 32.0. The maximum atomic E-state index is 12.3. The first kappa shape index (κ1) is 26.4. The van der Waals surface area contributed by atoms with E-state index in [-0.39, 0.29) is 23.9 Å². The average molecular weight is 538 g/mol. The quantitative estimate of drug-likeness (QED) is 0.400. The fraction of sp³-hybridized carbons (Fsp3) is 0.522. The molecule has 0 spiro atoms. The summed E-state index contributed by atoms with van der Waals surface area (Å²) in [4.78, 5) is 23.2. The molecule has 0 bridgehead atoms. The third-order valence-corrected chi connectivity index (χ3v) is 7.36. The summed E-state index contributed by atoms with van der Waals surface area (Å²) >= 11 is 6.38. The number of nitrogens with zero attached hydrogens (tertiary/aromatic N) is 3. The van der Waals surface area contributed by atoms with Gasteiger partial charge in [-0.3, -0.25) is 9.69 Å². The van der Waals surface area contributed by atoms with Crippen LogP contribution in [0.2, 0.25) is 5.02 Å². The maximum Gasteiger partial charge on any atom is 0.238 e. The van der Waals surface area contributed by atoms with Gasteiger partial charge in [0, 0.05) is 24.3 Å². The topological polar surface area (TPSA) is 138 Å². The molecule has 196 valence electrons. The van der Waals surface area contributed by atoms with Crippen molar-refractivity contribution in [2.24, 2.45) is 0 Å². The molecule has 1 aliphatic carbocycles. The molecular weight excluding hydrogens is 506 g/mol. The molecule has 1 aromatic carbocycles. The van der Waals surface area contributed by atoms with Gasteiger partial charge in [0.2, 0.25) is 21.9 Å². The van der Waals surface area contributed by atoms with Gasteiger partial charge in [0.1, 0.15) is 10.8 Å². The molecule has 36 heavy (non-hydrogen) atoms. The van der Waals surface area contributed by atoms with Gasteiger partial charge in [-0.1, -0.05) is 31.4 Å². The van der Waals surface area contributed by atoms with Crippen LogP contribution in [0.15, 0.2) is 18.3 Å². The molecule has 0 unspecified atom stereocenters. The number of carbonyl (C=O) groups excluding carboxylic acids is 1. The van der Waals surface area contributed by atoms with Crippen LogP contribution in [0.3, 0.4) is 0 Å². The number of rotatable bonds is 8. The monoisotopic (exact) mass is 537 g/mol. The molecule has 1 aliphatic heterocycles. The van der Waals surface area contributed by atoms with Gasteiger partial charge in [-0.2, -0.15) is 4.98 Å². The first-order chi connectivity index (χ1) is 17.1. The van der Waals surface area contributed by atoms with Crippen LogP contribution >= 0.6 is 11.6 Å². The Bertz CT molecular complexity index is 1230. The molecule has 1 aromatic heterocycles. The van der Waals surface area contributed by atoms with Crippen molar-refractivity contribution in [2.45, 2.75) is 51.2 Å². The Morgan fingerprint density at radius 3 is 2.67 bits per heavy atom. The summed E-state index contributed by atoms with van der Waals surface area (Å²) in [6, 6.07) is 3.29. The lowest BCUT2D eigenvalue weighted by Gasteiger charge is -2.32. The van der Waals surface area contributed by atoms with Crippen molar-refractivity contribution < 1.29 is 17.9 Å². The van der Waals surface area contributed by atoms with E-state index in [0.717, 1.165) is 44.0 Å². The Labute approximate surface area is 216 Å². The molecular formula is C23H32ClN7O4S. The Morgan fingerprint density at radius 2 is 1.97 bits per heavy atom. The SMILES string of the molecule is CCN1CC(=O)Nc2cc(Nc3ncc(Cl)c(N[C@@H]4CCCC[C@H]4NS(C)(=O)=O)n3)c(OC)cc2C1. The third kappa shape index (κ3) is 6.55. The van der Waals surface area contributed by atoms with Gasteiger partial charge in [-0.25, -0.2) is 18.1 Å². The Hall–Kier alpha value is -2.67. The molecule has 2 atom stereocenters. The fourth-order valence-corrected chi connectivity index (χ4v) is 5.57. The highest BCUT2D eigenvalue weighted by molar-refractivity contribution is 7.88. The molecule has 0 radical (unpaired) electrons. The van der Waals surface area contributed by atoms with E-state index in [2.05, 4.69) is 30.6 Å². The van der Waals surface area contributed by atoms with E-state index in [1.165, 1.54) is 6.20 Å². The van der Waals surface area contributed by atoms with Crippen molar-refractivity contribution in [3.05, 3.63) is 28.9 Å². The lowest BCUT2D eigenvalue weighted by molar-refractivity contribution is -0.117. The molecule has 1 fully saturated rings. The summed E-state index contributed by atoms with van der Waals surface area (Å²) in [7, 11) is -1.77. The van der Waals surface area contributed by atoms with Crippen LogP contribution in [0.1, 0.15) is 38.2 Å². The zero-order chi connectivity index (χ0) is 25.9. The van der Waals surface area contributed by atoms with Crippen LogP contribution in [0, 0.1) is 0 Å². The Morgan fingerprint density at radius 1 is 1.22 bits per heavy atom. The number of hydrogen-bond donors (Lipinski definition) is 4.